The van der Waals surface area contributed by atoms with Gasteiger partial charge in [-0.3, -0.25) is 9.52 Å². The van der Waals surface area contributed by atoms with E-state index in [1.54, 1.807) is 4.72 Å². The molecular formula is C14H9ClF4N2O3S. The van der Waals surface area contributed by atoms with Crippen molar-refractivity contribution >= 4 is 33.2 Å². The van der Waals surface area contributed by atoms with Crippen molar-refractivity contribution in [1.29, 1.82) is 0 Å². The average Bonchev–Trinajstić information content (AvgIpc) is 2.48. The van der Waals surface area contributed by atoms with Gasteiger partial charge in [0.2, 0.25) is 5.91 Å². The van der Waals surface area contributed by atoms with Gasteiger partial charge in [0.25, 0.3) is 10.0 Å². The van der Waals surface area contributed by atoms with Crippen LogP contribution in [0.4, 0.5) is 23.2 Å². The molecule has 2 rings (SSSR count). The number of sulfonamides is 1. The lowest BCUT2D eigenvalue weighted by Gasteiger charge is -2.13. The highest BCUT2D eigenvalue weighted by molar-refractivity contribution is 7.92. The summed E-state index contributed by atoms with van der Waals surface area (Å²) in [6.45, 7) is 0. The molecule has 134 valence electrons. The van der Waals surface area contributed by atoms with Crippen molar-refractivity contribution in [3.8, 4) is 0 Å². The topological polar surface area (TPSA) is 89.3 Å². The smallest absolute Gasteiger partial charge is 0.366 e. The third-order valence-electron chi connectivity index (χ3n) is 3.04. The molecule has 0 aliphatic rings. The van der Waals surface area contributed by atoms with Gasteiger partial charge in [-0.2, -0.15) is 13.2 Å². The summed E-state index contributed by atoms with van der Waals surface area (Å²) in [5.74, 6) is -2.01. The molecule has 0 spiro atoms. The van der Waals surface area contributed by atoms with E-state index < -0.39 is 49.1 Å². The Morgan fingerprint density at radius 2 is 1.76 bits per heavy atom. The summed E-state index contributed by atoms with van der Waals surface area (Å²) in [4.78, 5) is 10.2. The van der Waals surface area contributed by atoms with E-state index >= 15 is 0 Å². The first-order chi connectivity index (χ1) is 11.4. The number of nitrogens with two attached hydrogens (primary N) is 1. The second kappa shape index (κ2) is 6.52. The van der Waals surface area contributed by atoms with Gasteiger partial charge in [-0.1, -0.05) is 11.6 Å². The number of amides is 1. The summed E-state index contributed by atoms with van der Waals surface area (Å²) in [6.07, 6.45) is -4.80. The summed E-state index contributed by atoms with van der Waals surface area (Å²) >= 11 is 5.66. The van der Waals surface area contributed by atoms with Crippen LogP contribution < -0.4 is 10.5 Å². The minimum atomic E-state index is -4.80. The highest BCUT2D eigenvalue weighted by Crippen LogP contribution is 2.34. The van der Waals surface area contributed by atoms with Crippen LogP contribution in [0.1, 0.15) is 15.9 Å². The second-order valence-corrected chi connectivity index (χ2v) is 6.87. The molecule has 0 heterocycles. The van der Waals surface area contributed by atoms with E-state index in [9.17, 15) is 30.8 Å². The van der Waals surface area contributed by atoms with Crippen LogP contribution in [0, 0.1) is 5.82 Å². The Bertz CT molecular complexity index is 946. The molecule has 5 nitrogen and oxygen atoms in total. The van der Waals surface area contributed by atoms with Gasteiger partial charge < -0.3 is 5.73 Å². The quantitative estimate of drug-likeness (QED) is 0.776. The zero-order chi connectivity index (χ0) is 19.0. The van der Waals surface area contributed by atoms with Crippen LogP contribution in [0.25, 0.3) is 0 Å². The molecule has 0 aliphatic heterocycles. The first-order valence-corrected chi connectivity index (χ1v) is 8.27. The van der Waals surface area contributed by atoms with Crippen LogP contribution in [0.5, 0.6) is 0 Å². The molecule has 0 aliphatic carbocycles. The van der Waals surface area contributed by atoms with Crippen molar-refractivity contribution < 1.29 is 30.8 Å². The molecule has 0 unspecified atom stereocenters. The van der Waals surface area contributed by atoms with Crippen molar-refractivity contribution in [2.45, 2.75) is 11.1 Å². The van der Waals surface area contributed by atoms with E-state index in [1.165, 1.54) is 0 Å². The lowest BCUT2D eigenvalue weighted by atomic mass is 10.2. The number of nitrogens with one attached hydrogen (secondary N) is 1. The van der Waals surface area contributed by atoms with Gasteiger partial charge in [0, 0.05) is 5.56 Å². The third-order valence-corrected chi connectivity index (χ3v) is 4.89. The fourth-order valence-corrected chi connectivity index (χ4v) is 3.43. The number of anilines is 1. The summed E-state index contributed by atoms with van der Waals surface area (Å²) in [7, 11) is -4.67. The Balaban J connectivity index is 2.51. The maximum atomic E-state index is 13.8. The molecule has 11 heteroatoms. The maximum absolute atomic E-state index is 13.8. The van der Waals surface area contributed by atoms with Crippen molar-refractivity contribution in [3.05, 3.63) is 58.4 Å². The molecule has 0 fully saturated rings. The molecule has 0 saturated heterocycles. The van der Waals surface area contributed by atoms with Gasteiger partial charge in [-0.25, -0.2) is 12.8 Å². The van der Waals surface area contributed by atoms with E-state index in [2.05, 4.69) is 0 Å². The number of hydrogen-bond acceptors (Lipinski definition) is 3. The summed E-state index contributed by atoms with van der Waals surface area (Å²) in [5, 5.41) is -0.494. The largest absolute Gasteiger partial charge is 0.416 e. The highest BCUT2D eigenvalue weighted by Gasteiger charge is 2.33. The van der Waals surface area contributed by atoms with Crippen LogP contribution in [0.15, 0.2) is 41.3 Å². The Kier molecular flexibility index (Phi) is 4.96. The van der Waals surface area contributed by atoms with Gasteiger partial charge in [0.15, 0.2) is 0 Å². The lowest BCUT2D eigenvalue weighted by molar-refractivity contribution is -0.137. The zero-order valence-corrected chi connectivity index (χ0v) is 13.6. The van der Waals surface area contributed by atoms with Crippen LogP contribution >= 0.6 is 11.6 Å². The fraction of sp³-hybridized carbons (Fsp3) is 0.0714. The van der Waals surface area contributed by atoms with E-state index in [4.69, 9.17) is 17.3 Å². The summed E-state index contributed by atoms with van der Waals surface area (Å²) < 4.78 is 78.3. The number of hydrogen-bond donors (Lipinski definition) is 2. The van der Waals surface area contributed by atoms with Gasteiger partial charge in [-0.15, -0.1) is 0 Å². The molecule has 0 atom stereocenters. The zero-order valence-electron chi connectivity index (χ0n) is 12.1. The number of primary amides is 1. The van der Waals surface area contributed by atoms with Gasteiger partial charge in [0.1, 0.15) is 10.7 Å². The molecule has 0 saturated carbocycles. The molecule has 0 bridgehead atoms. The summed E-state index contributed by atoms with van der Waals surface area (Å²) in [6, 6.07) is 4.31. The average molecular weight is 397 g/mol. The van der Waals surface area contributed by atoms with Gasteiger partial charge >= 0.3 is 6.18 Å². The van der Waals surface area contributed by atoms with Crippen LogP contribution in [-0.2, 0) is 16.2 Å². The molecular weight excluding hydrogens is 388 g/mol. The number of benzene rings is 2. The number of halogens is 5. The van der Waals surface area contributed by atoms with E-state index in [0.717, 1.165) is 24.3 Å². The Hall–Kier alpha value is -2.33. The first-order valence-electron chi connectivity index (χ1n) is 6.41. The molecule has 3 N–H and O–H groups in total. The molecule has 1 amide bonds. The predicted octanol–water partition coefficient (Wildman–Crippen LogP) is 3.40. The van der Waals surface area contributed by atoms with Crippen LogP contribution in [0.3, 0.4) is 0 Å². The van der Waals surface area contributed by atoms with Crippen molar-refractivity contribution in [3.63, 3.8) is 0 Å². The monoisotopic (exact) mass is 396 g/mol. The molecule has 0 aromatic heterocycles. The van der Waals surface area contributed by atoms with Gasteiger partial charge in [-0.05, 0) is 36.4 Å². The SMILES string of the molecule is NC(=O)c1ccc(F)c(NS(=O)(=O)c2cc(C(F)(F)F)ccc2Cl)c1. The minimum Gasteiger partial charge on any atom is -0.366 e. The van der Waals surface area contributed by atoms with E-state index in [-0.39, 0.29) is 5.56 Å². The van der Waals surface area contributed by atoms with Crippen molar-refractivity contribution in [2.24, 2.45) is 5.73 Å². The Morgan fingerprint density at radius 1 is 1.12 bits per heavy atom. The molecule has 25 heavy (non-hydrogen) atoms. The Labute approximate surface area is 144 Å². The van der Waals surface area contributed by atoms with E-state index in [1.807, 2.05) is 0 Å². The predicted molar refractivity (Wildman–Crippen MR) is 82.2 cm³/mol. The molecule has 2 aromatic carbocycles. The first kappa shape index (κ1) is 19.0. The number of carbonyl (C=O) groups is 1. The number of carbonyl (C=O) groups excluding carboxylic acids is 1. The number of rotatable bonds is 4. The van der Waals surface area contributed by atoms with E-state index in [0.29, 0.717) is 12.1 Å². The fourth-order valence-electron chi connectivity index (χ4n) is 1.84. The molecule has 0 radical (unpaired) electrons. The Morgan fingerprint density at radius 3 is 2.32 bits per heavy atom. The van der Waals surface area contributed by atoms with Gasteiger partial charge in [0.05, 0.1) is 16.3 Å². The molecule has 2 aromatic rings. The van der Waals surface area contributed by atoms with Crippen molar-refractivity contribution in [1.82, 2.24) is 0 Å². The standard InChI is InChI=1S/C14H9ClF4N2O3S/c15-9-3-2-8(14(17,18)19)6-12(9)25(23,24)21-11-5-7(13(20)22)1-4-10(11)16/h1-6,21H,(H2,20,22). The second-order valence-electron chi connectivity index (χ2n) is 4.81. The normalized spacial score (nSPS) is 12.0. The van der Waals surface area contributed by atoms with Crippen LogP contribution in [0.2, 0.25) is 5.02 Å². The minimum absolute atomic E-state index is 0.200. The lowest BCUT2D eigenvalue weighted by Crippen LogP contribution is -2.17. The van der Waals surface area contributed by atoms with Crippen molar-refractivity contribution in [2.75, 3.05) is 4.72 Å². The summed E-state index contributed by atoms with van der Waals surface area (Å²) in [5.41, 5.74) is 2.91. The van der Waals surface area contributed by atoms with Crippen LogP contribution in [-0.4, -0.2) is 14.3 Å². The highest BCUT2D eigenvalue weighted by atomic mass is 35.5. The maximum Gasteiger partial charge on any atom is 0.416 e. The number of alkyl halides is 3. The third kappa shape index (κ3) is 4.20.